The Morgan fingerprint density at radius 1 is 1.41 bits per heavy atom. The summed E-state index contributed by atoms with van der Waals surface area (Å²) in [5.41, 5.74) is 1.16. The summed E-state index contributed by atoms with van der Waals surface area (Å²) in [6.07, 6.45) is 0. The average molecular weight is 235 g/mol. The number of likely N-dealkylation sites (N-methyl/N-ethyl adjacent to an activating group) is 1. The first-order valence-corrected chi connectivity index (χ1v) is 5.87. The summed E-state index contributed by atoms with van der Waals surface area (Å²) < 4.78 is 5.14. The molecule has 0 saturated heterocycles. The SMILES string of the molecule is CCNC(C)(C)C(=O)c1ccc(OC)cc1C. The molecule has 1 aromatic rings. The minimum absolute atomic E-state index is 0.111. The maximum Gasteiger partial charge on any atom is 0.182 e. The van der Waals surface area contributed by atoms with Gasteiger partial charge < -0.3 is 10.1 Å². The molecule has 1 aromatic carbocycles. The number of carbonyl (C=O) groups excluding carboxylic acids is 1. The summed E-state index contributed by atoms with van der Waals surface area (Å²) >= 11 is 0. The molecule has 3 nitrogen and oxygen atoms in total. The third kappa shape index (κ3) is 3.07. The van der Waals surface area contributed by atoms with Gasteiger partial charge in [-0.05, 0) is 51.1 Å². The fourth-order valence-corrected chi connectivity index (χ4v) is 1.88. The van der Waals surface area contributed by atoms with E-state index >= 15 is 0 Å². The topological polar surface area (TPSA) is 38.3 Å². The number of aryl methyl sites for hydroxylation is 1. The smallest absolute Gasteiger partial charge is 0.182 e. The number of carbonyl (C=O) groups is 1. The van der Waals surface area contributed by atoms with Crippen LogP contribution >= 0.6 is 0 Å². The molecule has 0 fully saturated rings. The molecule has 1 rings (SSSR count). The maximum atomic E-state index is 12.4. The first-order chi connectivity index (χ1) is 7.92. The number of hydrogen-bond donors (Lipinski definition) is 1. The Bertz CT molecular complexity index is 411. The van der Waals surface area contributed by atoms with E-state index in [2.05, 4.69) is 5.32 Å². The Labute approximate surface area is 103 Å². The van der Waals surface area contributed by atoms with Crippen molar-refractivity contribution in [3.63, 3.8) is 0 Å². The Balaban J connectivity index is 3.04. The standard InChI is InChI=1S/C14H21NO2/c1-6-15-14(3,4)13(16)12-8-7-11(17-5)9-10(12)2/h7-9,15H,6H2,1-5H3. The molecule has 0 heterocycles. The van der Waals surface area contributed by atoms with Gasteiger partial charge in [0.2, 0.25) is 0 Å². The van der Waals surface area contributed by atoms with Gasteiger partial charge in [0.1, 0.15) is 5.75 Å². The molecule has 0 spiro atoms. The fourth-order valence-electron chi connectivity index (χ4n) is 1.88. The van der Waals surface area contributed by atoms with Crippen molar-refractivity contribution < 1.29 is 9.53 Å². The quantitative estimate of drug-likeness (QED) is 0.797. The lowest BCUT2D eigenvalue weighted by atomic mass is 9.90. The Hall–Kier alpha value is -1.35. The minimum Gasteiger partial charge on any atom is -0.497 e. The van der Waals surface area contributed by atoms with Gasteiger partial charge in [0.15, 0.2) is 5.78 Å². The molecular weight excluding hydrogens is 214 g/mol. The summed E-state index contributed by atoms with van der Waals surface area (Å²) in [7, 11) is 1.62. The van der Waals surface area contributed by atoms with Gasteiger partial charge in [-0.15, -0.1) is 0 Å². The molecule has 17 heavy (non-hydrogen) atoms. The Kier molecular flexibility index (Phi) is 4.29. The van der Waals surface area contributed by atoms with Gasteiger partial charge in [-0.3, -0.25) is 4.79 Å². The molecule has 0 aliphatic heterocycles. The van der Waals surface area contributed by atoms with Crippen molar-refractivity contribution in [1.29, 1.82) is 0 Å². The highest BCUT2D eigenvalue weighted by atomic mass is 16.5. The van der Waals surface area contributed by atoms with Crippen molar-refractivity contribution >= 4 is 5.78 Å². The summed E-state index contributed by atoms with van der Waals surface area (Å²) in [5.74, 6) is 0.889. The summed E-state index contributed by atoms with van der Waals surface area (Å²) in [6.45, 7) is 8.51. The van der Waals surface area contributed by atoms with Crippen molar-refractivity contribution in [3.05, 3.63) is 29.3 Å². The van der Waals surface area contributed by atoms with Gasteiger partial charge in [0.25, 0.3) is 0 Å². The van der Waals surface area contributed by atoms with Gasteiger partial charge in [0, 0.05) is 5.56 Å². The lowest BCUT2D eigenvalue weighted by Crippen LogP contribution is -2.46. The summed E-state index contributed by atoms with van der Waals surface area (Å²) in [5, 5.41) is 3.20. The lowest BCUT2D eigenvalue weighted by molar-refractivity contribution is 0.0883. The second-order valence-corrected chi connectivity index (χ2v) is 4.67. The van der Waals surface area contributed by atoms with Crippen molar-refractivity contribution in [2.24, 2.45) is 0 Å². The average Bonchev–Trinajstić information content (AvgIpc) is 2.28. The highest BCUT2D eigenvalue weighted by molar-refractivity contribution is 6.03. The zero-order valence-electron chi connectivity index (χ0n) is 11.3. The third-order valence-electron chi connectivity index (χ3n) is 2.86. The monoisotopic (exact) mass is 235 g/mol. The van der Waals surface area contributed by atoms with E-state index in [9.17, 15) is 4.79 Å². The molecule has 94 valence electrons. The largest absolute Gasteiger partial charge is 0.497 e. The molecule has 0 bridgehead atoms. The van der Waals surface area contributed by atoms with Crippen LogP contribution in [0.15, 0.2) is 18.2 Å². The molecule has 0 aliphatic carbocycles. The number of rotatable bonds is 5. The van der Waals surface area contributed by atoms with Crippen LogP contribution in [0.2, 0.25) is 0 Å². The second-order valence-electron chi connectivity index (χ2n) is 4.67. The molecule has 0 atom stereocenters. The highest BCUT2D eigenvalue weighted by Crippen LogP contribution is 2.21. The van der Waals surface area contributed by atoms with E-state index in [1.54, 1.807) is 7.11 Å². The number of Topliss-reactive ketones (excluding diaryl/α,β-unsaturated/α-hetero) is 1. The molecule has 0 amide bonds. The van der Waals surface area contributed by atoms with Gasteiger partial charge in [0.05, 0.1) is 12.6 Å². The molecule has 3 heteroatoms. The van der Waals surface area contributed by atoms with Crippen LogP contribution in [0.5, 0.6) is 5.75 Å². The Morgan fingerprint density at radius 2 is 2.06 bits per heavy atom. The van der Waals surface area contributed by atoms with Crippen LogP contribution in [0.25, 0.3) is 0 Å². The van der Waals surface area contributed by atoms with Crippen LogP contribution in [0.1, 0.15) is 36.7 Å². The predicted molar refractivity (Wildman–Crippen MR) is 69.8 cm³/mol. The Morgan fingerprint density at radius 3 is 2.53 bits per heavy atom. The number of benzene rings is 1. The molecular formula is C14H21NO2. The van der Waals surface area contributed by atoms with E-state index in [-0.39, 0.29) is 5.78 Å². The van der Waals surface area contributed by atoms with E-state index < -0.39 is 5.54 Å². The molecule has 1 N–H and O–H groups in total. The number of hydrogen-bond acceptors (Lipinski definition) is 3. The molecule has 0 unspecified atom stereocenters. The van der Waals surface area contributed by atoms with Crippen molar-refractivity contribution in [2.45, 2.75) is 33.2 Å². The first-order valence-electron chi connectivity index (χ1n) is 5.87. The molecule has 0 aliphatic rings. The minimum atomic E-state index is -0.534. The van der Waals surface area contributed by atoms with Crippen LogP contribution in [0, 0.1) is 6.92 Å². The van der Waals surface area contributed by atoms with Crippen molar-refractivity contribution in [2.75, 3.05) is 13.7 Å². The van der Waals surface area contributed by atoms with Crippen molar-refractivity contribution in [1.82, 2.24) is 5.32 Å². The molecule has 0 aromatic heterocycles. The van der Waals surface area contributed by atoms with Gasteiger partial charge in [-0.25, -0.2) is 0 Å². The van der Waals surface area contributed by atoms with Gasteiger partial charge in [-0.2, -0.15) is 0 Å². The van der Waals surface area contributed by atoms with Crippen LogP contribution < -0.4 is 10.1 Å². The summed E-state index contributed by atoms with van der Waals surface area (Å²) in [6, 6.07) is 5.53. The maximum absolute atomic E-state index is 12.4. The molecule has 0 saturated carbocycles. The van der Waals surface area contributed by atoms with E-state index in [1.165, 1.54) is 0 Å². The van der Waals surface area contributed by atoms with E-state index in [0.717, 1.165) is 23.4 Å². The van der Waals surface area contributed by atoms with E-state index in [4.69, 9.17) is 4.74 Å². The predicted octanol–water partition coefficient (Wildman–Crippen LogP) is 2.57. The highest BCUT2D eigenvalue weighted by Gasteiger charge is 2.28. The van der Waals surface area contributed by atoms with Crippen LogP contribution in [0.4, 0.5) is 0 Å². The number of nitrogens with one attached hydrogen (secondary N) is 1. The zero-order valence-corrected chi connectivity index (χ0v) is 11.3. The van der Waals surface area contributed by atoms with Gasteiger partial charge >= 0.3 is 0 Å². The van der Waals surface area contributed by atoms with Crippen LogP contribution in [0.3, 0.4) is 0 Å². The summed E-state index contributed by atoms with van der Waals surface area (Å²) in [4.78, 5) is 12.4. The van der Waals surface area contributed by atoms with Gasteiger partial charge in [-0.1, -0.05) is 6.92 Å². The van der Waals surface area contributed by atoms with Crippen LogP contribution in [-0.2, 0) is 0 Å². The number of methoxy groups -OCH3 is 1. The normalized spacial score (nSPS) is 11.4. The number of ether oxygens (including phenoxy) is 1. The number of ketones is 1. The fraction of sp³-hybridized carbons (Fsp3) is 0.500. The second kappa shape index (κ2) is 5.32. The third-order valence-corrected chi connectivity index (χ3v) is 2.86. The molecule has 0 radical (unpaired) electrons. The zero-order chi connectivity index (χ0) is 13.1. The van der Waals surface area contributed by atoms with Crippen LogP contribution in [-0.4, -0.2) is 25.0 Å². The van der Waals surface area contributed by atoms with E-state index in [1.807, 2.05) is 45.9 Å². The first kappa shape index (κ1) is 13.7. The lowest BCUT2D eigenvalue weighted by Gasteiger charge is -2.25. The van der Waals surface area contributed by atoms with E-state index in [0.29, 0.717) is 0 Å². The van der Waals surface area contributed by atoms with Crippen molar-refractivity contribution in [3.8, 4) is 5.75 Å².